The number of aromatic nitrogens is 1. The Hall–Kier alpha value is -2.31. The van der Waals surface area contributed by atoms with Crippen molar-refractivity contribution in [3.63, 3.8) is 0 Å². The van der Waals surface area contributed by atoms with Crippen molar-refractivity contribution in [1.82, 2.24) is 3.97 Å². The Labute approximate surface area is 137 Å². The minimum Gasteiger partial charge on any atom is -0.478 e. The average Bonchev–Trinajstić information content (AvgIpc) is 2.88. The van der Waals surface area contributed by atoms with Crippen molar-refractivity contribution in [2.45, 2.75) is 11.8 Å². The fourth-order valence-corrected chi connectivity index (χ4v) is 4.31. The Morgan fingerprint density at radius 2 is 1.83 bits per heavy atom. The zero-order valence-corrected chi connectivity index (χ0v) is 13.6. The van der Waals surface area contributed by atoms with Gasteiger partial charge in [-0.2, -0.15) is 0 Å². The van der Waals surface area contributed by atoms with Crippen LogP contribution >= 0.6 is 11.6 Å². The first kappa shape index (κ1) is 15.6. The highest BCUT2D eigenvalue weighted by molar-refractivity contribution is 7.90. The lowest BCUT2D eigenvalue weighted by atomic mass is 10.1. The van der Waals surface area contributed by atoms with E-state index >= 15 is 0 Å². The van der Waals surface area contributed by atoms with Crippen molar-refractivity contribution in [2.75, 3.05) is 0 Å². The summed E-state index contributed by atoms with van der Waals surface area (Å²) >= 11 is 6.20. The Balaban J connectivity index is 2.42. The molecule has 0 atom stereocenters. The number of aryl methyl sites for hydroxylation is 1. The summed E-state index contributed by atoms with van der Waals surface area (Å²) in [5, 5.41) is 9.84. The summed E-state index contributed by atoms with van der Waals surface area (Å²) in [5.74, 6) is -1.21. The first-order chi connectivity index (χ1) is 10.8. The molecule has 0 radical (unpaired) electrons. The summed E-state index contributed by atoms with van der Waals surface area (Å²) in [7, 11) is -3.94. The number of carbonyl (C=O) groups is 1. The average molecular weight is 350 g/mol. The van der Waals surface area contributed by atoms with Gasteiger partial charge >= 0.3 is 5.97 Å². The largest absolute Gasteiger partial charge is 0.478 e. The number of hydrogen-bond donors (Lipinski definition) is 1. The third kappa shape index (κ3) is 2.50. The van der Waals surface area contributed by atoms with E-state index in [4.69, 9.17) is 11.6 Å². The van der Waals surface area contributed by atoms with Crippen molar-refractivity contribution in [3.8, 4) is 0 Å². The summed E-state index contributed by atoms with van der Waals surface area (Å²) in [6.45, 7) is 1.76. The van der Waals surface area contributed by atoms with Gasteiger partial charge in [-0.25, -0.2) is 17.2 Å². The molecule has 1 N–H and O–H groups in total. The molecule has 23 heavy (non-hydrogen) atoms. The summed E-state index contributed by atoms with van der Waals surface area (Å²) < 4.78 is 26.6. The molecule has 1 heterocycles. The highest BCUT2D eigenvalue weighted by Crippen LogP contribution is 2.32. The van der Waals surface area contributed by atoms with Crippen molar-refractivity contribution in [3.05, 3.63) is 64.8 Å². The second-order valence-electron chi connectivity index (χ2n) is 5.10. The third-order valence-electron chi connectivity index (χ3n) is 3.50. The predicted octanol–water partition coefficient (Wildman–Crippen LogP) is 3.54. The molecule has 1 aromatic heterocycles. The topological polar surface area (TPSA) is 76.4 Å². The number of carboxylic acid groups (broad SMARTS) is 1. The van der Waals surface area contributed by atoms with E-state index in [9.17, 15) is 18.3 Å². The highest BCUT2D eigenvalue weighted by Gasteiger charge is 2.25. The maximum atomic E-state index is 12.8. The van der Waals surface area contributed by atoms with Crippen molar-refractivity contribution >= 4 is 38.5 Å². The second-order valence-corrected chi connectivity index (χ2v) is 7.33. The van der Waals surface area contributed by atoms with Crippen LogP contribution in [0.3, 0.4) is 0 Å². The minimum absolute atomic E-state index is 0.0606. The van der Waals surface area contributed by atoms with Gasteiger partial charge in [-0.3, -0.25) is 0 Å². The maximum absolute atomic E-state index is 12.8. The quantitative estimate of drug-likeness (QED) is 0.784. The number of carboxylic acids is 1. The normalized spacial score (nSPS) is 11.7. The molecule has 0 saturated heterocycles. The summed E-state index contributed by atoms with van der Waals surface area (Å²) in [4.78, 5) is 11.5. The number of halogens is 1. The monoisotopic (exact) mass is 349 g/mol. The van der Waals surface area contributed by atoms with E-state index in [1.54, 1.807) is 37.3 Å². The fraction of sp³-hybridized carbons (Fsp3) is 0.0625. The van der Waals surface area contributed by atoms with Crippen LogP contribution in [0.15, 0.2) is 53.6 Å². The molecule has 0 unspecified atom stereocenters. The lowest BCUT2D eigenvalue weighted by molar-refractivity contribution is 0.0699. The van der Waals surface area contributed by atoms with Crippen LogP contribution in [0.1, 0.15) is 15.9 Å². The van der Waals surface area contributed by atoms with Crippen LogP contribution in [-0.2, 0) is 10.0 Å². The van der Waals surface area contributed by atoms with Gasteiger partial charge in [0.25, 0.3) is 10.0 Å². The molecule has 0 fully saturated rings. The van der Waals surface area contributed by atoms with Crippen molar-refractivity contribution < 1.29 is 18.3 Å². The molecule has 0 aliphatic heterocycles. The highest BCUT2D eigenvalue weighted by atomic mass is 35.5. The first-order valence-electron chi connectivity index (χ1n) is 6.67. The Bertz CT molecular complexity index is 1020. The van der Waals surface area contributed by atoms with Crippen LogP contribution in [0.5, 0.6) is 0 Å². The van der Waals surface area contributed by atoms with E-state index in [2.05, 4.69) is 0 Å². The van der Waals surface area contributed by atoms with E-state index in [0.717, 1.165) is 15.7 Å². The van der Waals surface area contributed by atoms with Crippen LogP contribution in [-0.4, -0.2) is 23.5 Å². The van der Waals surface area contributed by atoms with E-state index in [1.165, 1.54) is 12.1 Å². The lowest BCUT2D eigenvalue weighted by Crippen LogP contribution is -2.12. The van der Waals surface area contributed by atoms with Crippen LogP contribution in [0, 0.1) is 6.92 Å². The summed E-state index contributed by atoms with van der Waals surface area (Å²) in [6.07, 6.45) is 1.10. The maximum Gasteiger partial charge on any atom is 0.337 e. The first-order valence-corrected chi connectivity index (χ1v) is 8.49. The zero-order valence-electron chi connectivity index (χ0n) is 12.0. The number of aromatic carboxylic acids is 1. The number of nitrogens with zero attached hydrogens (tertiary/aromatic N) is 1. The van der Waals surface area contributed by atoms with Gasteiger partial charge in [0.15, 0.2) is 0 Å². The van der Waals surface area contributed by atoms with Crippen LogP contribution in [0.4, 0.5) is 0 Å². The van der Waals surface area contributed by atoms with Gasteiger partial charge in [0.1, 0.15) is 0 Å². The van der Waals surface area contributed by atoms with E-state index in [-0.39, 0.29) is 21.0 Å². The molecular weight excluding hydrogens is 338 g/mol. The lowest BCUT2D eigenvalue weighted by Gasteiger charge is -2.08. The van der Waals surface area contributed by atoms with Gasteiger partial charge in [-0.05, 0) is 36.8 Å². The fourth-order valence-electron chi connectivity index (χ4n) is 2.48. The standard InChI is InChI=1S/C16H12ClNO4S/c1-10-7-12-13(16(19)20)9-18(15(12)14(17)8-10)23(21,22)11-5-3-2-4-6-11/h2-9H,1H3,(H,19,20). The summed E-state index contributed by atoms with van der Waals surface area (Å²) in [6, 6.07) is 11.0. The molecular formula is C16H12ClNO4S. The van der Waals surface area contributed by atoms with Crippen LogP contribution < -0.4 is 0 Å². The third-order valence-corrected chi connectivity index (χ3v) is 5.46. The molecule has 2 aromatic carbocycles. The Morgan fingerprint density at radius 3 is 2.43 bits per heavy atom. The SMILES string of the molecule is Cc1cc(Cl)c2c(c1)c(C(=O)O)cn2S(=O)(=O)c1ccccc1. The molecule has 7 heteroatoms. The molecule has 118 valence electrons. The van der Waals surface area contributed by atoms with Gasteiger partial charge < -0.3 is 5.11 Å². The molecule has 3 aromatic rings. The number of benzene rings is 2. The number of fused-ring (bicyclic) bond motifs is 1. The Kier molecular flexibility index (Phi) is 3.66. The minimum atomic E-state index is -3.94. The number of rotatable bonds is 3. The molecule has 5 nitrogen and oxygen atoms in total. The van der Waals surface area contributed by atoms with Gasteiger partial charge in [0.05, 0.1) is 21.0 Å². The van der Waals surface area contributed by atoms with Gasteiger partial charge in [0, 0.05) is 11.6 Å². The molecule has 0 aliphatic carbocycles. The molecule has 3 rings (SSSR count). The van der Waals surface area contributed by atoms with E-state index < -0.39 is 16.0 Å². The molecule has 0 amide bonds. The molecule has 0 saturated carbocycles. The van der Waals surface area contributed by atoms with E-state index in [1.807, 2.05) is 0 Å². The smallest absolute Gasteiger partial charge is 0.337 e. The predicted molar refractivity (Wildman–Crippen MR) is 87.7 cm³/mol. The van der Waals surface area contributed by atoms with Crippen LogP contribution in [0.25, 0.3) is 10.9 Å². The van der Waals surface area contributed by atoms with E-state index in [0.29, 0.717) is 5.39 Å². The second kappa shape index (κ2) is 5.40. The molecule has 0 spiro atoms. The number of hydrogen-bond acceptors (Lipinski definition) is 3. The van der Waals surface area contributed by atoms with Gasteiger partial charge in [-0.1, -0.05) is 29.8 Å². The molecule has 0 aliphatic rings. The Morgan fingerprint density at radius 1 is 1.17 bits per heavy atom. The van der Waals surface area contributed by atoms with Crippen molar-refractivity contribution in [2.24, 2.45) is 0 Å². The zero-order chi connectivity index (χ0) is 16.8. The molecule has 0 bridgehead atoms. The van der Waals surface area contributed by atoms with Crippen LogP contribution in [0.2, 0.25) is 5.02 Å². The summed E-state index contributed by atoms with van der Waals surface area (Å²) in [5.41, 5.74) is 0.809. The van der Waals surface area contributed by atoms with Gasteiger partial charge in [-0.15, -0.1) is 0 Å². The van der Waals surface area contributed by atoms with Crippen molar-refractivity contribution in [1.29, 1.82) is 0 Å². The van der Waals surface area contributed by atoms with Gasteiger partial charge in [0.2, 0.25) is 0 Å².